The lowest BCUT2D eigenvalue weighted by atomic mass is 9.90. The topological polar surface area (TPSA) is 67.2 Å². The predicted octanol–water partition coefficient (Wildman–Crippen LogP) is 0.478. The number of carbonyl (C=O) groups excluding carboxylic acids is 2. The highest BCUT2D eigenvalue weighted by atomic mass is 16.2. The minimum absolute atomic E-state index is 0.0159. The molecule has 1 N–H and O–H groups in total. The predicted molar refractivity (Wildman–Crippen MR) is 74.9 cm³/mol. The fraction of sp³-hybridized carbons (Fsp3) is 0.643. The van der Waals surface area contributed by atoms with E-state index in [0.717, 1.165) is 5.56 Å². The molecule has 2 rings (SSSR count). The first-order chi connectivity index (χ1) is 9.38. The van der Waals surface area contributed by atoms with Crippen LogP contribution in [0.5, 0.6) is 0 Å². The molecule has 2 unspecified atom stereocenters. The van der Waals surface area contributed by atoms with Gasteiger partial charge in [-0.1, -0.05) is 6.92 Å². The van der Waals surface area contributed by atoms with E-state index in [2.05, 4.69) is 10.4 Å². The molecule has 20 heavy (non-hydrogen) atoms. The SMILES string of the molecule is CCC1(C)C(=O)NC(C)C(=O)N1CCc1cnn(C)c1. The van der Waals surface area contributed by atoms with Crippen LogP contribution in [0, 0.1) is 0 Å². The van der Waals surface area contributed by atoms with E-state index in [4.69, 9.17) is 0 Å². The normalized spacial score (nSPS) is 26.8. The molecule has 1 aliphatic rings. The van der Waals surface area contributed by atoms with E-state index in [9.17, 15) is 9.59 Å². The number of aryl methyl sites for hydroxylation is 1. The zero-order valence-corrected chi connectivity index (χ0v) is 12.5. The molecule has 0 radical (unpaired) electrons. The molecule has 2 heterocycles. The van der Waals surface area contributed by atoms with Crippen molar-refractivity contribution < 1.29 is 9.59 Å². The Morgan fingerprint density at radius 2 is 2.15 bits per heavy atom. The highest BCUT2D eigenvalue weighted by molar-refractivity contribution is 5.99. The molecule has 1 aromatic rings. The van der Waals surface area contributed by atoms with Gasteiger partial charge in [-0.05, 0) is 32.3 Å². The number of nitrogens with zero attached hydrogens (tertiary/aromatic N) is 3. The van der Waals surface area contributed by atoms with E-state index in [1.165, 1.54) is 0 Å². The Labute approximate surface area is 119 Å². The van der Waals surface area contributed by atoms with Gasteiger partial charge in [0, 0.05) is 19.8 Å². The van der Waals surface area contributed by atoms with E-state index in [1.807, 2.05) is 27.1 Å². The van der Waals surface area contributed by atoms with Gasteiger partial charge in [0.05, 0.1) is 6.20 Å². The molecular weight excluding hydrogens is 256 g/mol. The van der Waals surface area contributed by atoms with Crippen LogP contribution in [0.4, 0.5) is 0 Å². The van der Waals surface area contributed by atoms with Gasteiger partial charge >= 0.3 is 0 Å². The zero-order valence-electron chi connectivity index (χ0n) is 12.5. The number of carbonyl (C=O) groups is 2. The third-order valence-corrected chi connectivity index (χ3v) is 4.14. The Morgan fingerprint density at radius 1 is 1.45 bits per heavy atom. The Balaban J connectivity index is 2.16. The largest absolute Gasteiger partial charge is 0.343 e. The molecule has 1 aromatic heterocycles. The number of hydrogen-bond donors (Lipinski definition) is 1. The van der Waals surface area contributed by atoms with Gasteiger partial charge in [0.2, 0.25) is 11.8 Å². The van der Waals surface area contributed by atoms with Crippen LogP contribution in [-0.2, 0) is 23.1 Å². The second-order valence-corrected chi connectivity index (χ2v) is 5.58. The summed E-state index contributed by atoms with van der Waals surface area (Å²) in [5.41, 5.74) is 0.309. The van der Waals surface area contributed by atoms with Crippen molar-refractivity contribution in [1.29, 1.82) is 0 Å². The molecule has 1 aliphatic heterocycles. The summed E-state index contributed by atoms with van der Waals surface area (Å²) in [6.07, 6.45) is 5.03. The third kappa shape index (κ3) is 2.42. The number of rotatable bonds is 4. The maximum absolute atomic E-state index is 12.4. The van der Waals surface area contributed by atoms with Crippen molar-refractivity contribution in [1.82, 2.24) is 20.0 Å². The Hall–Kier alpha value is -1.85. The molecule has 1 fully saturated rings. The lowest BCUT2D eigenvalue weighted by Gasteiger charge is -2.45. The maximum atomic E-state index is 12.4. The number of aromatic nitrogens is 2. The van der Waals surface area contributed by atoms with Crippen LogP contribution in [0.2, 0.25) is 0 Å². The lowest BCUT2D eigenvalue weighted by molar-refractivity contribution is -0.156. The molecule has 0 bridgehead atoms. The van der Waals surface area contributed by atoms with Crippen molar-refractivity contribution in [3.05, 3.63) is 18.0 Å². The van der Waals surface area contributed by atoms with Gasteiger partial charge in [0.15, 0.2) is 0 Å². The summed E-state index contributed by atoms with van der Waals surface area (Å²) in [5.74, 6) is -0.0869. The summed E-state index contributed by atoms with van der Waals surface area (Å²) in [6.45, 7) is 6.02. The second-order valence-electron chi connectivity index (χ2n) is 5.58. The Bertz CT molecular complexity index is 525. The summed E-state index contributed by atoms with van der Waals surface area (Å²) in [5, 5.41) is 6.88. The second kappa shape index (κ2) is 5.26. The number of hydrogen-bond acceptors (Lipinski definition) is 3. The molecule has 2 atom stereocenters. The van der Waals surface area contributed by atoms with Gasteiger partial charge in [0.25, 0.3) is 0 Å². The van der Waals surface area contributed by atoms with Gasteiger partial charge in [0.1, 0.15) is 11.6 Å². The Morgan fingerprint density at radius 3 is 2.70 bits per heavy atom. The van der Waals surface area contributed by atoms with Crippen molar-refractivity contribution in [3.63, 3.8) is 0 Å². The maximum Gasteiger partial charge on any atom is 0.246 e. The Kier molecular flexibility index (Phi) is 3.83. The summed E-state index contributed by atoms with van der Waals surface area (Å²) in [6, 6.07) is -0.448. The van der Waals surface area contributed by atoms with E-state index in [-0.39, 0.29) is 11.8 Å². The van der Waals surface area contributed by atoms with Crippen LogP contribution >= 0.6 is 0 Å². The fourth-order valence-electron chi connectivity index (χ4n) is 2.56. The molecule has 6 nitrogen and oxygen atoms in total. The third-order valence-electron chi connectivity index (χ3n) is 4.14. The molecular formula is C14H22N4O2. The first kappa shape index (κ1) is 14.6. The summed E-state index contributed by atoms with van der Waals surface area (Å²) >= 11 is 0. The average Bonchev–Trinajstić information content (AvgIpc) is 2.82. The molecule has 0 aromatic carbocycles. The monoisotopic (exact) mass is 278 g/mol. The molecule has 0 aliphatic carbocycles. The van der Waals surface area contributed by atoms with Gasteiger partial charge in [-0.25, -0.2) is 0 Å². The molecule has 2 amide bonds. The van der Waals surface area contributed by atoms with E-state index < -0.39 is 11.6 Å². The van der Waals surface area contributed by atoms with Crippen LogP contribution in [-0.4, -0.2) is 44.6 Å². The lowest BCUT2D eigenvalue weighted by Crippen LogP contribution is -2.68. The summed E-state index contributed by atoms with van der Waals surface area (Å²) < 4.78 is 1.74. The highest BCUT2D eigenvalue weighted by Gasteiger charge is 2.46. The highest BCUT2D eigenvalue weighted by Crippen LogP contribution is 2.25. The summed E-state index contributed by atoms with van der Waals surface area (Å²) in [4.78, 5) is 26.3. The van der Waals surface area contributed by atoms with Crippen LogP contribution in [0.15, 0.2) is 12.4 Å². The first-order valence-electron chi connectivity index (χ1n) is 6.98. The van der Waals surface area contributed by atoms with E-state index >= 15 is 0 Å². The van der Waals surface area contributed by atoms with Crippen molar-refractivity contribution in [2.75, 3.05) is 6.54 Å². The van der Waals surface area contributed by atoms with Crippen molar-refractivity contribution in [2.24, 2.45) is 7.05 Å². The van der Waals surface area contributed by atoms with Gasteiger partial charge < -0.3 is 10.2 Å². The molecule has 6 heteroatoms. The molecule has 110 valence electrons. The number of piperazine rings is 1. The molecule has 0 spiro atoms. The number of nitrogens with one attached hydrogen (secondary N) is 1. The van der Waals surface area contributed by atoms with Crippen molar-refractivity contribution >= 4 is 11.8 Å². The average molecular weight is 278 g/mol. The van der Waals surface area contributed by atoms with E-state index in [1.54, 1.807) is 22.7 Å². The molecule has 0 saturated carbocycles. The van der Waals surface area contributed by atoms with Crippen molar-refractivity contribution in [3.8, 4) is 0 Å². The van der Waals surface area contributed by atoms with Crippen LogP contribution in [0.25, 0.3) is 0 Å². The van der Waals surface area contributed by atoms with Gasteiger partial charge in [-0.3, -0.25) is 14.3 Å². The standard InChI is InChI=1S/C14H22N4O2/c1-5-14(3)13(20)16-10(2)12(19)18(14)7-6-11-8-15-17(4)9-11/h8-10H,5-7H2,1-4H3,(H,16,20). The fourth-order valence-corrected chi connectivity index (χ4v) is 2.56. The quantitative estimate of drug-likeness (QED) is 0.871. The van der Waals surface area contributed by atoms with E-state index in [0.29, 0.717) is 19.4 Å². The van der Waals surface area contributed by atoms with Gasteiger partial charge in [-0.2, -0.15) is 5.10 Å². The van der Waals surface area contributed by atoms with Gasteiger partial charge in [-0.15, -0.1) is 0 Å². The summed E-state index contributed by atoms with van der Waals surface area (Å²) in [7, 11) is 1.86. The smallest absolute Gasteiger partial charge is 0.246 e. The number of amides is 2. The van der Waals surface area contributed by atoms with Crippen molar-refractivity contribution in [2.45, 2.75) is 45.2 Å². The minimum Gasteiger partial charge on any atom is -0.343 e. The zero-order chi connectivity index (χ0) is 14.9. The minimum atomic E-state index is -0.758. The van der Waals surface area contributed by atoms with Crippen LogP contribution in [0.1, 0.15) is 32.8 Å². The van der Waals surface area contributed by atoms with Crippen LogP contribution in [0.3, 0.4) is 0 Å². The molecule has 1 saturated heterocycles. The first-order valence-corrected chi connectivity index (χ1v) is 6.98. The van der Waals surface area contributed by atoms with Crippen LogP contribution < -0.4 is 5.32 Å².